The van der Waals surface area contributed by atoms with Crippen LogP contribution < -0.4 is 5.73 Å². The van der Waals surface area contributed by atoms with Crippen molar-refractivity contribution in [3.63, 3.8) is 0 Å². The summed E-state index contributed by atoms with van der Waals surface area (Å²) in [5, 5.41) is 0. The van der Waals surface area contributed by atoms with Crippen molar-refractivity contribution in [1.82, 2.24) is 0 Å². The second-order valence-corrected chi connectivity index (χ2v) is 7.44. The summed E-state index contributed by atoms with van der Waals surface area (Å²) < 4.78 is 14.7. The van der Waals surface area contributed by atoms with Gasteiger partial charge in [0, 0.05) is 10.5 Å². The van der Waals surface area contributed by atoms with Crippen molar-refractivity contribution in [2.75, 3.05) is 0 Å². The highest BCUT2D eigenvalue weighted by Crippen LogP contribution is 2.34. The molecule has 1 aliphatic rings. The zero-order valence-corrected chi connectivity index (χ0v) is 14.5. The number of hydrogen-bond acceptors (Lipinski definition) is 1. The van der Waals surface area contributed by atoms with E-state index in [1.807, 2.05) is 12.1 Å². The Bertz CT molecular complexity index is 441. The third-order valence-corrected chi connectivity index (χ3v) is 5.43. The summed E-state index contributed by atoms with van der Waals surface area (Å²) >= 11 is 3.30. The molecule has 0 amide bonds. The van der Waals surface area contributed by atoms with Crippen molar-refractivity contribution in [1.29, 1.82) is 0 Å². The zero-order chi connectivity index (χ0) is 15.2. The lowest BCUT2D eigenvalue weighted by Gasteiger charge is -2.32. The topological polar surface area (TPSA) is 26.0 Å². The maximum atomic E-state index is 13.9. The molecule has 0 heterocycles. The highest BCUT2D eigenvalue weighted by Gasteiger charge is 2.25. The van der Waals surface area contributed by atoms with Crippen LogP contribution in [0.15, 0.2) is 22.7 Å². The van der Waals surface area contributed by atoms with Crippen LogP contribution in [0.25, 0.3) is 0 Å². The lowest BCUT2D eigenvalue weighted by molar-refractivity contribution is 0.230. The number of nitrogens with two attached hydrogens (primary N) is 1. The van der Waals surface area contributed by atoms with Crippen LogP contribution in [-0.4, -0.2) is 6.04 Å². The molecule has 0 radical (unpaired) electrons. The van der Waals surface area contributed by atoms with E-state index in [1.165, 1.54) is 51.0 Å². The smallest absolute Gasteiger partial charge is 0.127 e. The van der Waals surface area contributed by atoms with E-state index in [9.17, 15) is 4.39 Å². The molecule has 1 fully saturated rings. The fraction of sp³-hybridized carbons (Fsp3) is 0.667. The summed E-state index contributed by atoms with van der Waals surface area (Å²) in [5.41, 5.74) is 7.10. The van der Waals surface area contributed by atoms with Gasteiger partial charge in [-0.05, 0) is 48.8 Å². The van der Waals surface area contributed by atoms with E-state index in [4.69, 9.17) is 5.73 Å². The highest BCUT2D eigenvalue weighted by atomic mass is 79.9. The van der Waals surface area contributed by atoms with Gasteiger partial charge < -0.3 is 5.73 Å². The van der Waals surface area contributed by atoms with E-state index in [1.54, 1.807) is 0 Å². The quantitative estimate of drug-likeness (QED) is 0.720. The van der Waals surface area contributed by atoms with E-state index in [0.717, 1.165) is 16.0 Å². The molecule has 1 aromatic rings. The van der Waals surface area contributed by atoms with Crippen LogP contribution in [0.4, 0.5) is 4.39 Å². The van der Waals surface area contributed by atoms with Crippen molar-refractivity contribution >= 4 is 15.9 Å². The largest absolute Gasteiger partial charge is 0.327 e. The lowest BCUT2D eigenvalue weighted by atomic mass is 9.76. The van der Waals surface area contributed by atoms with Crippen molar-refractivity contribution in [3.8, 4) is 0 Å². The zero-order valence-electron chi connectivity index (χ0n) is 13.0. The fourth-order valence-electron chi connectivity index (χ4n) is 3.51. The lowest BCUT2D eigenvalue weighted by Crippen LogP contribution is -2.35. The van der Waals surface area contributed by atoms with Crippen molar-refractivity contribution in [3.05, 3.63) is 34.1 Å². The third-order valence-electron chi connectivity index (χ3n) is 4.93. The van der Waals surface area contributed by atoms with Gasteiger partial charge in [0.15, 0.2) is 0 Å². The van der Waals surface area contributed by atoms with Gasteiger partial charge in [-0.1, -0.05) is 61.0 Å². The van der Waals surface area contributed by atoms with Crippen LogP contribution in [0.3, 0.4) is 0 Å². The van der Waals surface area contributed by atoms with Gasteiger partial charge in [0.2, 0.25) is 0 Å². The third kappa shape index (κ3) is 5.07. The van der Waals surface area contributed by atoms with Crippen LogP contribution in [0.2, 0.25) is 0 Å². The minimum Gasteiger partial charge on any atom is -0.327 e. The molecule has 0 saturated heterocycles. The molecule has 1 aromatic carbocycles. The predicted octanol–water partition coefficient (Wildman–Crippen LogP) is 5.45. The van der Waals surface area contributed by atoms with Crippen LogP contribution in [0.1, 0.15) is 57.4 Å². The summed E-state index contributed by atoms with van der Waals surface area (Å²) in [6.45, 7) is 2.26. The van der Waals surface area contributed by atoms with E-state index >= 15 is 0 Å². The molecular weight excluding hydrogens is 329 g/mol. The van der Waals surface area contributed by atoms with Gasteiger partial charge in [-0.25, -0.2) is 4.39 Å². The molecule has 1 saturated carbocycles. The summed E-state index contributed by atoms with van der Waals surface area (Å²) in [5.74, 6) is 1.32. The number of benzene rings is 1. The number of unbranched alkanes of at least 4 members (excludes halogenated alkanes) is 1. The highest BCUT2D eigenvalue weighted by molar-refractivity contribution is 9.10. The second-order valence-electron chi connectivity index (χ2n) is 6.53. The van der Waals surface area contributed by atoms with E-state index in [2.05, 4.69) is 22.9 Å². The SMILES string of the molecule is CCCCC1CCC(C(N)Cc2ccc(Br)cc2F)CC1. The predicted molar refractivity (Wildman–Crippen MR) is 90.8 cm³/mol. The van der Waals surface area contributed by atoms with E-state index in [-0.39, 0.29) is 11.9 Å². The van der Waals surface area contributed by atoms with Gasteiger partial charge in [0.05, 0.1) is 0 Å². The number of hydrogen-bond donors (Lipinski definition) is 1. The first-order valence-electron chi connectivity index (χ1n) is 8.29. The molecule has 118 valence electrons. The maximum Gasteiger partial charge on any atom is 0.127 e. The van der Waals surface area contributed by atoms with Crippen LogP contribution in [0, 0.1) is 17.7 Å². The Morgan fingerprint density at radius 1 is 1.29 bits per heavy atom. The van der Waals surface area contributed by atoms with Gasteiger partial charge in [-0.15, -0.1) is 0 Å². The monoisotopic (exact) mass is 355 g/mol. The normalized spacial score (nSPS) is 24.0. The number of halogens is 2. The summed E-state index contributed by atoms with van der Waals surface area (Å²) in [4.78, 5) is 0. The Labute approximate surface area is 136 Å². The fourth-order valence-corrected chi connectivity index (χ4v) is 3.84. The molecule has 0 aliphatic heterocycles. The maximum absolute atomic E-state index is 13.9. The number of rotatable bonds is 6. The van der Waals surface area contributed by atoms with Crippen LogP contribution in [0.5, 0.6) is 0 Å². The average Bonchev–Trinajstić information content (AvgIpc) is 2.48. The molecule has 1 atom stereocenters. The molecule has 0 aromatic heterocycles. The molecule has 2 rings (SSSR count). The molecule has 1 aliphatic carbocycles. The van der Waals surface area contributed by atoms with Crippen molar-refractivity contribution < 1.29 is 4.39 Å². The first kappa shape index (κ1) is 17.0. The Balaban J connectivity index is 1.83. The van der Waals surface area contributed by atoms with Gasteiger partial charge in [0.1, 0.15) is 5.82 Å². The summed E-state index contributed by atoms with van der Waals surface area (Å²) in [7, 11) is 0. The molecule has 0 bridgehead atoms. The van der Waals surface area contributed by atoms with Crippen LogP contribution >= 0.6 is 15.9 Å². The molecule has 21 heavy (non-hydrogen) atoms. The average molecular weight is 356 g/mol. The Kier molecular flexibility index (Phi) is 6.69. The standard InChI is InChI=1S/C18H27BrFN/c1-2-3-4-13-5-7-14(8-6-13)18(21)11-15-9-10-16(19)12-17(15)20/h9-10,12-14,18H,2-8,11,21H2,1H3. The molecule has 0 spiro atoms. The van der Waals surface area contributed by atoms with Gasteiger partial charge in [0.25, 0.3) is 0 Å². The minimum absolute atomic E-state index is 0.0906. The minimum atomic E-state index is -0.142. The second kappa shape index (κ2) is 8.28. The van der Waals surface area contributed by atoms with E-state index < -0.39 is 0 Å². The summed E-state index contributed by atoms with van der Waals surface area (Å²) in [6.07, 6.45) is 9.72. The Hall–Kier alpha value is -0.410. The van der Waals surface area contributed by atoms with Crippen molar-refractivity contribution in [2.45, 2.75) is 64.3 Å². The van der Waals surface area contributed by atoms with Crippen LogP contribution in [-0.2, 0) is 6.42 Å². The molecule has 1 nitrogen and oxygen atoms in total. The van der Waals surface area contributed by atoms with Crippen molar-refractivity contribution in [2.24, 2.45) is 17.6 Å². The summed E-state index contributed by atoms with van der Waals surface area (Å²) in [6, 6.07) is 5.37. The Morgan fingerprint density at radius 3 is 2.62 bits per heavy atom. The van der Waals surface area contributed by atoms with Gasteiger partial charge >= 0.3 is 0 Å². The first-order valence-corrected chi connectivity index (χ1v) is 9.09. The van der Waals surface area contributed by atoms with E-state index in [0.29, 0.717) is 12.3 Å². The van der Waals surface area contributed by atoms with Gasteiger partial charge in [-0.2, -0.15) is 0 Å². The molecule has 3 heteroatoms. The first-order chi connectivity index (χ1) is 10.1. The van der Waals surface area contributed by atoms with Gasteiger partial charge in [-0.3, -0.25) is 0 Å². The Morgan fingerprint density at radius 2 is 2.00 bits per heavy atom. The molecule has 2 N–H and O–H groups in total. The molecule has 1 unspecified atom stereocenters. The molecular formula is C18H27BrFN.